The molecule has 1 aliphatic carbocycles. The van der Waals surface area contributed by atoms with E-state index in [-0.39, 0.29) is 6.03 Å². The molecule has 0 radical (unpaired) electrons. The van der Waals surface area contributed by atoms with Gasteiger partial charge in [0.2, 0.25) is 0 Å². The van der Waals surface area contributed by atoms with Crippen molar-refractivity contribution < 1.29 is 4.79 Å². The van der Waals surface area contributed by atoms with Gasteiger partial charge in [-0.15, -0.1) is 0 Å². The molecule has 2 amide bonds. The molecule has 0 spiro atoms. The molecule has 0 bridgehead atoms. The Morgan fingerprint density at radius 2 is 2.07 bits per heavy atom. The van der Waals surface area contributed by atoms with E-state index in [1.165, 1.54) is 19.3 Å². The normalized spacial score (nSPS) is 18.4. The number of carbonyl (C=O) groups excluding carboxylic acids is 1. The van der Waals surface area contributed by atoms with Gasteiger partial charge in [0.15, 0.2) is 0 Å². The van der Waals surface area contributed by atoms with Crippen LogP contribution in [0.25, 0.3) is 0 Å². The van der Waals surface area contributed by atoms with Crippen molar-refractivity contribution in [1.82, 2.24) is 10.6 Å². The summed E-state index contributed by atoms with van der Waals surface area (Å²) in [5.41, 5.74) is 0.377. The molecule has 0 aromatic carbocycles. The van der Waals surface area contributed by atoms with Gasteiger partial charge in [-0.1, -0.05) is 26.7 Å². The first-order chi connectivity index (χ1) is 6.66. The fraction of sp³-hybridized carbons (Fsp3) is 0.909. The van der Waals surface area contributed by atoms with Crippen molar-refractivity contribution in [3.05, 3.63) is 0 Å². The highest BCUT2D eigenvalue weighted by molar-refractivity contribution is 5.73. The predicted octanol–water partition coefficient (Wildman–Crippen LogP) is 2.28. The Morgan fingerprint density at radius 3 is 2.57 bits per heavy atom. The van der Waals surface area contributed by atoms with Crippen LogP contribution in [0.2, 0.25) is 0 Å². The Labute approximate surface area is 86.6 Å². The van der Waals surface area contributed by atoms with Gasteiger partial charge < -0.3 is 10.6 Å². The van der Waals surface area contributed by atoms with E-state index in [1.54, 1.807) is 0 Å². The molecule has 0 saturated heterocycles. The summed E-state index contributed by atoms with van der Waals surface area (Å²) in [4.78, 5) is 11.3. The fourth-order valence-corrected chi connectivity index (χ4v) is 1.69. The van der Waals surface area contributed by atoms with E-state index in [0.29, 0.717) is 5.41 Å². The zero-order valence-corrected chi connectivity index (χ0v) is 9.36. The molecule has 0 aliphatic heterocycles. The first-order valence-corrected chi connectivity index (χ1v) is 5.68. The molecule has 1 aliphatic rings. The molecule has 0 atom stereocenters. The van der Waals surface area contributed by atoms with Crippen LogP contribution in [0.3, 0.4) is 0 Å². The van der Waals surface area contributed by atoms with Crippen LogP contribution in [0.15, 0.2) is 0 Å². The minimum atomic E-state index is -0.00780. The molecule has 0 aromatic heterocycles. The summed E-state index contributed by atoms with van der Waals surface area (Å²) in [6.07, 6.45) is 6.00. The van der Waals surface area contributed by atoms with Crippen LogP contribution in [-0.4, -0.2) is 19.1 Å². The minimum absolute atomic E-state index is 0.00780. The molecule has 0 aromatic rings. The van der Waals surface area contributed by atoms with Crippen LogP contribution in [0.5, 0.6) is 0 Å². The summed E-state index contributed by atoms with van der Waals surface area (Å²) < 4.78 is 0. The van der Waals surface area contributed by atoms with Gasteiger partial charge in [0.05, 0.1) is 0 Å². The van der Waals surface area contributed by atoms with Crippen molar-refractivity contribution in [2.75, 3.05) is 13.1 Å². The van der Waals surface area contributed by atoms with Crippen LogP contribution >= 0.6 is 0 Å². The number of amides is 2. The maximum atomic E-state index is 11.3. The Morgan fingerprint density at radius 1 is 1.36 bits per heavy atom. The van der Waals surface area contributed by atoms with Crippen LogP contribution in [0.4, 0.5) is 4.79 Å². The summed E-state index contributed by atoms with van der Waals surface area (Å²) in [5, 5.41) is 5.79. The average Bonchev–Trinajstić information content (AvgIpc) is 2.12. The van der Waals surface area contributed by atoms with Gasteiger partial charge in [0.25, 0.3) is 0 Å². The predicted molar refractivity (Wildman–Crippen MR) is 58.3 cm³/mol. The third-order valence-electron chi connectivity index (χ3n) is 3.05. The second-order valence-electron chi connectivity index (χ2n) is 4.63. The SMILES string of the molecule is CCCCNC(=O)NCC1(C)CCC1. The molecule has 1 saturated carbocycles. The molecule has 0 heterocycles. The van der Waals surface area contributed by atoms with E-state index in [4.69, 9.17) is 0 Å². The number of carbonyl (C=O) groups is 1. The second kappa shape index (κ2) is 5.23. The highest BCUT2D eigenvalue weighted by atomic mass is 16.2. The molecule has 2 N–H and O–H groups in total. The average molecular weight is 198 g/mol. The third-order valence-corrected chi connectivity index (χ3v) is 3.05. The molecule has 82 valence electrons. The first kappa shape index (κ1) is 11.3. The molecular formula is C11H22N2O. The fourth-order valence-electron chi connectivity index (χ4n) is 1.69. The Hall–Kier alpha value is -0.730. The maximum absolute atomic E-state index is 11.3. The number of rotatable bonds is 5. The van der Waals surface area contributed by atoms with Crippen LogP contribution in [0.1, 0.15) is 46.0 Å². The van der Waals surface area contributed by atoms with Crippen molar-refractivity contribution in [3.8, 4) is 0 Å². The standard InChI is InChI=1S/C11H22N2O/c1-3-4-8-12-10(14)13-9-11(2)6-5-7-11/h3-9H2,1-2H3,(H2,12,13,14). The topological polar surface area (TPSA) is 41.1 Å². The summed E-state index contributed by atoms with van der Waals surface area (Å²) in [6, 6.07) is -0.00780. The summed E-state index contributed by atoms with van der Waals surface area (Å²) in [7, 11) is 0. The van der Waals surface area contributed by atoms with Gasteiger partial charge in [-0.3, -0.25) is 0 Å². The molecule has 1 rings (SSSR count). The summed E-state index contributed by atoms with van der Waals surface area (Å²) in [6.45, 7) is 5.97. The van der Waals surface area contributed by atoms with E-state index in [9.17, 15) is 4.79 Å². The lowest BCUT2D eigenvalue weighted by atomic mass is 9.70. The van der Waals surface area contributed by atoms with Crippen molar-refractivity contribution in [2.24, 2.45) is 5.41 Å². The summed E-state index contributed by atoms with van der Waals surface area (Å²) >= 11 is 0. The molecule has 1 fully saturated rings. The number of hydrogen-bond donors (Lipinski definition) is 2. The lowest BCUT2D eigenvalue weighted by Crippen LogP contribution is -2.44. The molecular weight excluding hydrogens is 176 g/mol. The van der Waals surface area contributed by atoms with Crippen LogP contribution < -0.4 is 10.6 Å². The van der Waals surface area contributed by atoms with Gasteiger partial charge in [-0.05, 0) is 24.7 Å². The Balaban J connectivity index is 2.03. The Kier molecular flexibility index (Phi) is 4.23. The van der Waals surface area contributed by atoms with Crippen molar-refractivity contribution in [3.63, 3.8) is 0 Å². The highest BCUT2D eigenvalue weighted by Crippen LogP contribution is 2.39. The number of nitrogens with one attached hydrogen (secondary N) is 2. The molecule has 3 nitrogen and oxygen atoms in total. The molecule has 0 unspecified atom stereocenters. The second-order valence-corrected chi connectivity index (χ2v) is 4.63. The lowest BCUT2D eigenvalue weighted by Gasteiger charge is -2.38. The highest BCUT2D eigenvalue weighted by Gasteiger charge is 2.31. The number of urea groups is 1. The zero-order valence-electron chi connectivity index (χ0n) is 9.36. The first-order valence-electron chi connectivity index (χ1n) is 5.68. The minimum Gasteiger partial charge on any atom is -0.338 e. The van der Waals surface area contributed by atoms with Gasteiger partial charge in [-0.2, -0.15) is 0 Å². The number of unbranched alkanes of at least 4 members (excludes halogenated alkanes) is 1. The van der Waals surface area contributed by atoms with Crippen molar-refractivity contribution >= 4 is 6.03 Å². The molecule has 14 heavy (non-hydrogen) atoms. The van der Waals surface area contributed by atoms with Crippen molar-refractivity contribution in [2.45, 2.75) is 46.0 Å². The van der Waals surface area contributed by atoms with Gasteiger partial charge >= 0.3 is 6.03 Å². The van der Waals surface area contributed by atoms with Crippen LogP contribution in [-0.2, 0) is 0 Å². The van der Waals surface area contributed by atoms with E-state index in [0.717, 1.165) is 25.9 Å². The Bertz CT molecular complexity index is 188. The smallest absolute Gasteiger partial charge is 0.314 e. The van der Waals surface area contributed by atoms with Crippen molar-refractivity contribution in [1.29, 1.82) is 0 Å². The maximum Gasteiger partial charge on any atom is 0.314 e. The van der Waals surface area contributed by atoms with Crippen LogP contribution in [0, 0.1) is 5.41 Å². The zero-order chi connectivity index (χ0) is 10.4. The van der Waals surface area contributed by atoms with E-state index < -0.39 is 0 Å². The molecule has 3 heteroatoms. The van der Waals surface area contributed by atoms with Gasteiger partial charge in [0.1, 0.15) is 0 Å². The monoisotopic (exact) mass is 198 g/mol. The summed E-state index contributed by atoms with van der Waals surface area (Å²) in [5.74, 6) is 0. The van der Waals surface area contributed by atoms with E-state index in [2.05, 4.69) is 24.5 Å². The lowest BCUT2D eigenvalue weighted by molar-refractivity contribution is 0.157. The number of hydrogen-bond acceptors (Lipinski definition) is 1. The third kappa shape index (κ3) is 3.56. The largest absolute Gasteiger partial charge is 0.338 e. The van der Waals surface area contributed by atoms with Gasteiger partial charge in [0, 0.05) is 13.1 Å². The van der Waals surface area contributed by atoms with Gasteiger partial charge in [-0.25, -0.2) is 4.79 Å². The van der Waals surface area contributed by atoms with E-state index >= 15 is 0 Å². The quantitative estimate of drug-likeness (QED) is 0.654. The van der Waals surface area contributed by atoms with E-state index in [1.807, 2.05) is 0 Å².